The lowest BCUT2D eigenvalue weighted by molar-refractivity contribution is 0.368. The first-order valence-corrected chi connectivity index (χ1v) is 17.0. The highest BCUT2D eigenvalue weighted by Crippen LogP contribution is 2.47. The molecule has 0 saturated carbocycles. The van der Waals surface area contributed by atoms with E-state index in [9.17, 15) is 38.6 Å². The summed E-state index contributed by atoms with van der Waals surface area (Å²) in [7, 11) is -8.63. The molecule has 41 heavy (non-hydrogen) atoms. The number of anilines is 2. The van der Waals surface area contributed by atoms with E-state index in [4.69, 9.17) is 18.8 Å². The average Bonchev–Trinajstić information content (AvgIpc) is 3.17. The van der Waals surface area contributed by atoms with Crippen molar-refractivity contribution in [1.29, 1.82) is 0 Å². The Bertz CT molecular complexity index is 1660. The van der Waals surface area contributed by atoms with E-state index in [1.165, 1.54) is 21.3 Å². The maximum Gasteiger partial charge on any atom is 0.330 e. The van der Waals surface area contributed by atoms with Crippen molar-refractivity contribution >= 4 is 63.2 Å². The fourth-order valence-electron chi connectivity index (χ4n) is 4.49. The standard InChI is InChI=1S/C24H31N5O8P2S2/c1-4-26-18-14-17(25-3)20(30)15-19(18)27(5-2)21(26)9-8-16-22(40)28(10-6-12-38(32,33)34)24(31)29(23(16)41)11-7-13-39(35,36)37/h8,14-15,30,40H,4-7,10-13H2,1-2H3,(H2,32,33,34)(H2,35,36,37). The van der Waals surface area contributed by atoms with E-state index in [1.807, 2.05) is 23.6 Å². The van der Waals surface area contributed by atoms with E-state index in [0.29, 0.717) is 35.8 Å². The van der Waals surface area contributed by atoms with E-state index in [-0.39, 0.29) is 47.0 Å². The first-order valence-electron chi connectivity index (χ1n) is 12.6. The Morgan fingerprint density at radius 1 is 1.00 bits per heavy atom. The van der Waals surface area contributed by atoms with Gasteiger partial charge in [-0.05, 0) is 44.9 Å². The van der Waals surface area contributed by atoms with Crippen LogP contribution in [-0.4, -0.2) is 59.2 Å². The molecule has 0 aliphatic carbocycles. The van der Waals surface area contributed by atoms with Crippen molar-refractivity contribution in [2.24, 2.45) is 0 Å². The molecule has 17 heteroatoms. The minimum Gasteiger partial charge on any atom is -0.519 e. The number of hydrogen-bond acceptors (Lipinski definition) is 8. The summed E-state index contributed by atoms with van der Waals surface area (Å²) in [5.74, 6) is 0.434. The zero-order valence-electron chi connectivity index (χ0n) is 22.3. The molecule has 0 amide bonds. The van der Waals surface area contributed by atoms with Gasteiger partial charge in [0.1, 0.15) is 10.4 Å². The number of phenols is 1. The van der Waals surface area contributed by atoms with Gasteiger partial charge in [0.15, 0.2) is 5.82 Å². The molecule has 0 radical (unpaired) electrons. The van der Waals surface area contributed by atoms with Gasteiger partial charge in [0.05, 0.1) is 35.3 Å². The van der Waals surface area contributed by atoms with Crippen LogP contribution in [0.4, 0.5) is 17.1 Å². The third kappa shape index (κ3) is 7.62. The van der Waals surface area contributed by atoms with Gasteiger partial charge in [-0.2, -0.15) is 0 Å². The van der Waals surface area contributed by atoms with Gasteiger partial charge in [-0.25, -0.2) is 9.64 Å². The van der Waals surface area contributed by atoms with Crippen molar-refractivity contribution < 1.29 is 33.8 Å². The van der Waals surface area contributed by atoms with Crippen molar-refractivity contribution in [1.82, 2.24) is 9.13 Å². The van der Waals surface area contributed by atoms with Gasteiger partial charge in [-0.1, -0.05) is 17.9 Å². The predicted octanol–water partition coefficient (Wildman–Crippen LogP) is 3.88. The first kappa shape index (κ1) is 32.9. The summed E-state index contributed by atoms with van der Waals surface area (Å²) in [6, 6.07) is 3.11. The van der Waals surface area contributed by atoms with Crippen LogP contribution in [0.1, 0.15) is 32.3 Å². The second-order valence-electron chi connectivity index (χ2n) is 9.15. The predicted molar refractivity (Wildman–Crippen MR) is 162 cm³/mol. The molecule has 0 fully saturated rings. The number of benzene rings is 1. The molecule has 1 aromatic heterocycles. The number of hydrogen-bond donors (Lipinski definition) is 6. The highest BCUT2D eigenvalue weighted by molar-refractivity contribution is 7.80. The number of nitrogens with zero attached hydrogens (tertiary/aromatic N) is 5. The van der Waals surface area contributed by atoms with Crippen LogP contribution in [0.3, 0.4) is 0 Å². The Labute approximate surface area is 247 Å². The Hall–Kier alpha value is -2.62. The third-order valence-corrected chi connectivity index (χ3v) is 9.08. The second-order valence-corrected chi connectivity index (χ2v) is 13.5. The number of rotatable bonds is 11. The van der Waals surface area contributed by atoms with Crippen molar-refractivity contribution in [2.75, 3.05) is 35.2 Å². The maximum absolute atomic E-state index is 13.3. The van der Waals surface area contributed by atoms with E-state index < -0.39 is 33.2 Å². The molecule has 0 saturated heterocycles. The van der Waals surface area contributed by atoms with Gasteiger partial charge in [-0.3, -0.25) is 18.3 Å². The van der Waals surface area contributed by atoms with Gasteiger partial charge < -0.3 is 34.5 Å². The van der Waals surface area contributed by atoms with Crippen molar-refractivity contribution in [3.05, 3.63) is 55.8 Å². The Morgan fingerprint density at radius 2 is 1.51 bits per heavy atom. The minimum atomic E-state index is -4.32. The number of aromatic hydroxyl groups is 1. The lowest BCUT2D eigenvalue weighted by Crippen LogP contribution is -2.33. The fraction of sp³-hybridized carbons (Fsp3) is 0.417. The Kier molecular flexibility index (Phi) is 10.5. The Morgan fingerprint density at radius 3 is 2.00 bits per heavy atom. The van der Waals surface area contributed by atoms with Crippen molar-refractivity contribution in [3.63, 3.8) is 0 Å². The van der Waals surface area contributed by atoms with Crippen molar-refractivity contribution in [2.45, 2.75) is 44.8 Å². The minimum absolute atomic E-state index is 0.0311. The molecule has 0 bridgehead atoms. The third-order valence-electron chi connectivity index (χ3n) is 6.36. The zero-order valence-corrected chi connectivity index (χ0v) is 25.8. The summed E-state index contributed by atoms with van der Waals surface area (Å²) >= 11 is 10.1. The SMILES string of the molecule is [C-]#[N+]c1cc2c(cc1O)N(CC)C(=C=Cc1c(S)n(CCCP(=O)(O)O)c(=O)n(CCCP(=O)(O)O)c1=S)N2CC. The molecular weight excluding hydrogens is 612 g/mol. The average molecular weight is 644 g/mol. The van der Waals surface area contributed by atoms with Gasteiger partial charge in [-0.15, -0.1) is 12.6 Å². The van der Waals surface area contributed by atoms with Crippen LogP contribution in [0.15, 0.2) is 33.5 Å². The molecule has 2 heterocycles. The highest BCUT2D eigenvalue weighted by Gasteiger charge is 2.31. The van der Waals surface area contributed by atoms with Crippen LogP contribution in [-0.2, 0) is 22.2 Å². The molecule has 0 unspecified atom stereocenters. The molecule has 5 N–H and O–H groups in total. The largest absolute Gasteiger partial charge is 0.519 e. The molecule has 13 nitrogen and oxygen atoms in total. The van der Waals surface area contributed by atoms with Crippen LogP contribution in [0.5, 0.6) is 5.75 Å². The normalized spacial score (nSPS) is 13.3. The lowest BCUT2D eigenvalue weighted by Gasteiger charge is -2.21. The smallest absolute Gasteiger partial charge is 0.330 e. The summed E-state index contributed by atoms with van der Waals surface area (Å²) in [6.07, 6.45) is 0.549. The number of thiol groups is 1. The molecule has 2 aromatic rings. The molecule has 0 atom stereocenters. The maximum atomic E-state index is 13.3. The van der Waals surface area contributed by atoms with Crippen LogP contribution >= 0.6 is 40.0 Å². The van der Waals surface area contributed by atoms with E-state index >= 15 is 0 Å². The molecule has 0 spiro atoms. The van der Waals surface area contributed by atoms with Gasteiger partial charge >= 0.3 is 20.9 Å². The molecule has 3 rings (SSSR count). The number of fused-ring (bicyclic) bond motifs is 1. The molecule has 1 aliphatic rings. The molecule has 1 aliphatic heterocycles. The van der Waals surface area contributed by atoms with E-state index in [2.05, 4.69) is 23.2 Å². The summed E-state index contributed by atoms with van der Waals surface area (Å²) in [6.45, 7) is 12.0. The summed E-state index contributed by atoms with van der Waals surface area (Å²) in [5.41, 5.74) is 4.37. The van der Waals surface area contributed by atoms with Gasteiger partial charge in [0, 0.05) is 31.7 Å². The topological polar surface area (TPSA) is 173 Å². The highest BCUT2D eigenvalue weighted by atomic mass is 32.1. The van der Waals surface area contributed by atoms with Gasteiger partial charge in [0.25, 0.3) is 0 Å². The van der Waals surface area contributed by atoms with Crippen LogP contribution in [0.2, 0.25) is 0 Å². The monoisotopic (exact) mass is 643 g/mol. The molecule has 222 valence electrons. The fourth-order valence-corrected chi connectivity index (χ4v) is 6.35. The zero-order chi connectivity index (χ0) is 30.7. The molecule has 1 aromatic carbocycles. The van der Waals surface area contributed by atoms with E-state index in [1.54, 1.807) is 6.07 Å². The van der Waals surface area contributed by atoms with Crippen LogP contribution in [0, 0.1) is 11.2 Å². The second kappa shape index (κ2) is 13.1. The van der Waals surface area contributed by atoms with E-state index in [0.717, 1.165) is 0 Å². The number of aromatic nitrogens is 2. The van der Waals surface area contributed by atoms with Crippen molar-refractivity contribution in [3.8, 4) is 5.75 Å². The van der Waals surface area contributed by atoms with Crippen LogP contribution in [0.25, 0.3) is 10.9 Å². The quantitative estimate of drug-likeness (QED) is 0.0524. The molecular formula is C24H31N5O8P2S2. The number of phenolic OH excluding ortho intramolecular Hbond substituents is 1. The lowest BCUT2D eigenvalue weighted by atomic mass is 10.2. The first-order chi connectivity index (χ1) is 19.1. The van der Waals surface area contributed by atoms with Crippen LogP contribution < -0.4 is 15.5 Å². The Balaban J connectivity index is 2.19. The summed E-state index contributed by atoms with van der Waals surface area (Å²) in [5, 5.41) is 10.4. The summed E-state index contributed by atoms with van der Waals surface area (Å²) < 4.78 is 25.2. The summed E-state index contributed by atoms with van der Waals surface area (Å²) in [4.78, 5) is 57.5. The van der Waals surface area contributed by atoms with Gasteiger partial charge in [0.2, 0.25) is 5.69 Å².